The topological polar surface area (TPSA) is 55.9 Å². The minimum absolute atomic E-state index is 0.0722. The van der Waals surface area contributed by atoms with Gasteiger partial charge in [0.1, 0.15) is 12.2 Å². The fourth-order valence-corrected chi connectivity index (χ4v) is 2.46. The number of fused-ring (bicyclic) bond motifs is 1. The quantitative estimate of drug-likeness (QED) is 0.791. The first-order valence-electron chi connectivity index (χ1n) is 6.76. The van der Waals surface area contributed by atoms with Gasteiger partial charge in [-0.25, -0.2) is 9.67 Å². The maximum absolute atomic E-state index is 9.18. The molecule has 0 aliphatic carbocycles. The molecule has 1 N–H and O–H groups in total. The fourth-order valence-electron chi connectivity index (χ4n) is 2.46. The molecule has 0 radical (unpaired) electrons. The summed E-state index contributed by atoms with van der Waals surface area (Å²) in [5, 5.41) is 14.6. The van der Waals surface area contributed by atoms with Gasteiger partial charge in [0.25, 0.3) is 0 Å². The smallest absolute Gasteiger partial charge is 0.147 e. The van der Waals surface area contributed by atoms with E-state index in [9.17, 15) is 5.11 Å². The van der Waals surface area contributed by atoms with Crippen molar-refractivity contribution in [2.24, 2.45) is 0 Å². The monoisotopic (exact) mass is 270 g/mol. The van der Waals surface area contributed by atoms with Crippen LogP contribution >= 0.6 is 0 Å². The van der Waals surface area contributed by atoms with Gasteiger partial charge in [-0.3, -0.25) is 0 Å². The number of benzene rings is 1. The van der Waals surface area contributed by atoms with Crippen molar-refractivity contribution in [3.63, 3.8) is 0 Å². The average Bonchev–Trinajstić information content (AvgIpc) is 3.06. The number of hydrogen-bond acceptors (Lipinski definition) is 3. The summed E-state index contributed by atoms with van der Waals surface area (Å²) in [5.74, 6) is 0.948. The molecule has 0 amide bonds. The highest BCUT2D eigenvalue weighted by Gasteiger charge is 2.09. The van der Waals surface area contributed by atoms with Crippen LogP contribution in [0, 0.1) is 0 Å². The van der Waals surface area contributed by atoms with Crippen LogP contribution in [0.3, 0.4) is 0 Å². The molecular weight excluding hydrogens is 252 g/mol. The van der Waals surface area contributed by atoms with Crippen molar-refractivity contribution in [1.82, 2.24) is 19.3 Å². The SMILES string of the molecule is CC(C)n1ncnc1Cn1ccc2cc(CO)ccc21. The van der Waals surface area contributed by atoms with Crippen molar-refractivity contribution < 1.29 is 5.11 Å². The Labute approximate surface area is 117 Å². The molecule has 3 aromatic rings. The molecule has 0 spiro atoms. The Bertz CT molecular complexity index is 726. The zero-order chi connectivity index (χ0) is 14.1. The van der Waals surface area contributed by atoms with Gasteiger partial charge in [0.15, 0.2) is 0 Å². The zero-order valence-electron chi connectivity index (χ0n) is 11.7. The first-order valence-corrected chi connectivity index (χ1v) is 6.76. The number of rotatable bonds is 4. The lowest BCUT2D eigenvalue weighted by Crippen LogP contribution is -2.11. The van der Waals surface area contributed by atoms with Gasteiger partial charge in [-0.2, -0.15) is 5.10 Å². The van der Waals surface area contributed by atoms with E-state index in [0.717, 1.165) is 22.3 Å². The van der Waals surface area contributed by atoms with Crippen LogP contribution in [0.1, 0.15) is 31.3 Å². The van der Waals surface area contributed by atoms with E-state index in [4.69, 9.17) is 0 Å². The van der Waals surface area contributed by atoms with Gasteiger partial charge in [0, 0.05) is 17.8 Å². The number of aliphatic hydroxyl groups is 1. The van der Waals surface area contributed by atoms with Gasteiger partial charge in [-0.1, -0.05) is 6.07 Å². The van der Waals surface area contributed by atoms with E-state index < -0.39 is 0 Å². The lowest BCUT2D eigenvalue weighted by atomic mass is 10.2. The van der Waals surface area contributed by atoms with Crippen molar-refractivity contribution in [3.8, 4) is 0 Å². The van der Waals surface area contributed by atoms with E-state index in [1.54, 1.807) is 6.33 Å². The summed E-state index contributed by atoms with van der Waals surface area (Å²) in [7, 11) is 0. The summed E-state index contributed by atoms with van der Waals surface area (Å²) in [6, 6.07) is 8.36. The molecule has 104 valence electrons. The molecular formula is C15H18N4O. The molecule has 0 fully saturated rings. The number of nitrogens with zero attached hydrogens (tertiary/aromatic N) is 4. The summed E-state index contributed by atoms with van der Waals surface area (Å²) in [6.45, 7) is 4.96. The number of aliphatic hydroxyl groups excluding tert-OH is 1. The maximum Gasteiger partial charge on any atom is 0.147 e. The van der Waals surface area contributed by atoms with E-state index in [0.29, 0.717) is 12.6 Å². The number of hydrogen-bond donors (Lipinski definition) is 1. The van der Waals surface area contributed by atoms with Gasteiger partial charge in [0.05, 0.1) is 13.2 Å². The van der Waals surface area contributed by atoms with E-state index in [1.807, 2.05) is 29.1 Å². The van der Waals surface area contributed by atoms with Crippen molar-refractivity contribution in [2.75, 3.05) is 0 Å². The molecule has 2 heterocycles. The van der Waals surface area contributed by atoms with Crippen LogP contribution < -0.4 is 0 Å². The summed E-state index contributed by atoms with van der Waals surface area (Å²) < 4.78 is 4.09. The van der Waals surface area contributed by atoms with Crippen molar-refractivity contribution in [1.29, 1.82) is 0 Å². The van der Waals surface area contributed by atoms with Crippen LogP contribution in [0.2, 0.25) is 0 Å². The van der Waals surface area contributed by atoms with Crippen LogP contribution in [0.25, 0.3) is 10.9 Å². The summed E-state index contributed by atoms with van der Waals surface area (Å²) in [5.41, 5.74) is 2.07. The third kappa shape index (κ3) is 2.20. The second kappa shape index (κ2) is 5.09. The Morgan fingerprint density at radius 2 is 2.10 bits per heavy atom. The first-order chi connectivity index (χ1) is 9.69. The Kier molecular flexibility index (Phi) is 3.28. The van der Waals surface area contributed by atoms with Crippen LogP contribution in [-0.2, 0) is 13.2 Å². The van der Waals surface area contributed by atoms with Crippen LogP contribution in [0.5, 0.6) is 0 Å². The molecule has 0 saturated heterocycles. The molecule has 3 rings (SSSR count). The summed E-state index contributed by atoms with van der Waals surface area (Å²) in [4.78, 5) is 4.34. The Morgan fingerprint density at radius 3 is 2.85 bits per heavy atom. The molecule has 1 aromatic carbocycles. The number of aromatic nitrogens is 4. The maximum atomic E-state index is 9.18. The molecule has 2 aromatic heterocycles. The van der Waals surface area contributed by atoms with Gasteiger partial charge < -0.3 is 9.67 Å². The third-order valence-corrected chi connectivity index (χ3v) is 3.47. The molecule has 5 nitrogen and oxygen atoms in total. The molecule has 0 saturated carbocycles. The summed E-state index contributed by atoms with van der Waals surface area (Å²) in [6.07, 6.45) is 3.65. The van der Waals surface area contributed by atoms with Gasteiger partial charge in [0.2, 0.25) is 0 Å². The molecule has 5 heteroatoms. The Balaban J connectivity index is 1.97. The van der Waals surface area contributed by atoms with Gasteiger partial charge in [-0.05, 0) is 43.0 Å². The van der Waals surface area contributed by atoms with Gasteiger partial charge in [-0.15, -0.1) is 0 Å². The highest BCUT2D eigenvalue weighted by atomic mass is 16.3. The predicted octanol–water partition coefficient (Wildman–Crippen LogP) is 2.35. The average molecular weight is 270 g/mol. The Hall–Kier alpha value is -2.14. The normalized spacial score (nSPS) is 11.6. The van der Waals surface area contributed by atoms with Crippen LogP contribution in [-0.4, -0.2) is 24.4 Å². The van der Waals surface area contributed by atoms with Crippen molar-refractivity contribution in [3.05, 3.63) is 48.2 Å². The van der Waals surface area contributed by atoms with E-state index >= 15 is 0 Å². The zero-order valence-corrected chi connectivity index (χ0v) is 11.7. The van der Waals surface area contributed by atoms with E-state index in [2.05, 4.69) is 34.6 Å². The predicted molar refractivity (Wildman–Crippen MR) is 77.4 cm³/mol. The standard InChI is InChI=1S/C15H18N4O/c1-11(2)19-15(16-10-17-19)8-18-6-5-13-7-12(9-20)3-4-14(13)18/h3-7,10-11,20H,8-9H2,1-2H3. The second-order valence-electron chi connectivity index (χ2n) is 5.21. The lowest BCUT2D eigenvalue weighted by molar-refractivity contribution is 0.282. The van der Waals surface area contributed by atoms with Crippen LogP contribution in [0.4, 0.5) is 0 Å². The van der Waals surface area contributed by atoms with E-state index in [1.165, 1.54) is 0 Å². The first kappa shape index (κ1) is 12.9. The van der Waals surface area contributed by atoms with Crippen molar-refractivity contribution >= 4 is 10.9 Å². The highest BCUT2D eigenvalue weighted by Crippen LogP contribution is 2.19. The molecule has 0 aliphatic heterocycles. The molecule has 0 aliphatic rings. The third-order valence-electron chi connectivity index (χ3n) is 3.47. The summed E-state index contributed by atoms with van der Waals surface area (Å²) >= 11 is 0. The van der Waals surface area contributed by atoms with Gasteiger partial charge >= 0.3 is 0 Å². The second-order valence-corrected chi connectivity index (χ2v) is 5.21. The molecule has 20 heavy (non-hydrogen) atoms. The van der Waals surface area contributed by atoms with Crippen LogP contribution in [0.15, 0.2) is 36.8 Å². The van der Waals surface area contributed by atoms with E-state index in [-0.39, 0.29) is 6.61 Å². The lowest BCUT2D eigenvalue weighted by Gasteiger charge is -2.10. The molecule has 0 atom stereocenters. The minimum Gasteiger partial charge on any atom is -0.392 e. The highest BCUT2D eigenvalue weighted by molar-refractivity contribution is 5.80. The largest absolute Gasteiger partial charge is 0.392 e. The van der Waals surface area contributed by atoms with Crippen molar-refractivity contribution in [2.45, 2.75) is 33.0 Å². The Morgan fingerprint density at radius 1 is 1.25 bits per heavy atom. The minimum atomic E-state index is 0.0722. The fraction of sp³-hybridized carbons (Fsp3) is 0.333. The molecule has 0 bridgehead atoms. The molecule has 0 unspecified atom stereocenters.